The Morgan fingerprint density at radius 1 is 1.43 bits per heavy atom. The monoisotopic (exact) mass is 358 g/mol. The van der Waals surface area contributed by atoms with Gasteiger partial charge in [0.25, 0.3) is 5.88 Å². The molecule has 0 radical (unpaired) electrons. The third-order valence-corrected chi connectivity index (χ3v) is 3.88. The molecule has 1 aromatic heterocycles. The first-order valence-electron chi connectivity index (χ1n) is 6.90. The molecule has 1 aromatic rings. The van der Waals surface area contributed by atoms with Gasteiger partial charge >= 0.3 is 5.69 Å². The van der Waals surface area contributed by atoms with Crippen molar-refractivity contribution in [3.05, 3.63) is 26.9 Å². The average Bonchev–Trinajstić information content (AvgIpc) is 2.46. The summed E-state index contributed by atoms with van der Waals surface area (Å²) >= 11 is 3.17. The van der Waals surface area contributed by atoms with Gasteiger partial charge in [-0.05, 0) is 29.4 Å². The average molecular weight is 359 g/mol. The van der Waals surface area contributed by atoms with Crippen LogP contribution in [-0.2, 0) is 0 Å². The van der Waals surface area contributed by atoms with E-state index in [9.17, 15) is 10.1 Å². The number of nitro groups is 1. The number of pyridine rings is 1. The highest BCUT2D eigenvalue weighted by molar-refractivity contribution is 9.10. The third-order valence-electron chi connectivity index (χ3n) is 3.45. The Hall–Kier alpha value is -1.25. The van der Waals surface area contributed by atoms with Crippen molar-refractivity contribution in [2.24, 2.45) is 0 Å². The highest BCUT2D eigenvalue weighted by Gasteiger charge is 2.18. The van der Waals surface area contributed by atoms with E-state index in [1.54, 1.807) is 0 Å². The highest BCUT2D eigenvalue weighted by Crippen LogP contribution is 2.27. The molecule has 0 spiro atoms. The maximum absolute atomic E-state index is 10.9. The zero-order chi connectivity index (χ0) is 15.2. The minimum Gasteiger partial charge on any atom is -0.473 e. The Bertz CT molecular complexity index is 492. The van der Waals surface area contributed by atoms with Crippen molar-refractivity contribution in [2.75, 3.05) is 46.4 Å². The van der Waals surface area contributed by atoms with Crippen molar-refractivity contribution in [1.82, 2.24) is 14.8 Å². The Morgan fingerprint density at radius 2 is 2.14 bits per heavy atom. The normalized spacial score (nSPS) is 16.9. The predicted octanol–water partition coefficient (Wildman–Crippen LogP) is 1.77. The first kappa shape index (κ1) is 16.1. The Kier molecular flexibility index (Phi) is 5.89. The number of rotatable bonds is 6. The van der Waals surface area contributed by atoms with Crippen LogP contribution in [0.5, 0.6) is 5.88 Å². The van der Waals surface area contributed by atoms with Crippen molar-refractivity contribution in [3.8, 4) is 5.88 Å². The smallest absolute Gasteiger partial charge is 0.332 e. The fourth-order valence-corrected chi connectivity index (χ4v) is 2.51. The largest absolute Gasteiger partial charge is 0.473 e. The van der Waals surface area contributed by atoms with Gasteiger partial charge in [0.2, 0.25) is 0 Å². The van der Waals surface area contributed by atoms with Crippen LogP contribution >= 0.6 is 15.9 Å². The van der Waals surface area contributed by atoms with Gasteiger partial charge < -0.3 is 14.5 Å². The minimum absolute atomic E-state index is 0.0848. The quantitative estimate of drug-likeness (QED) is 0.438. The lowest BCUT2D eigenvalue weighted by Gasteiger charge is -2.32. The molecule has 0 atom stereocenters. The second-order valence-corrected chi connectivity index (χ2v) is 6.00. The minimum atomic E-state index is -0.479. The SMILES string of the molecule is CN1CCN(CCCOc2ncc(Br)cc2[N+](=O)[O-])CC1. The van der Waals surface area contributed by atoms with E-state index >= 15 is 0 Å². The number of aromatic nitrogens is 1. The molecule has 1 fully saturated rings. The number of hydrogen-bond acceptors (Lipinski definition) is 6. The van der Waals surface area contributed by atoms with E-state index in [4.69, 9.17) is 4.74 Å². The molecule has 0 aliphatic carbocycles. The van der Waals surface area contributed by atoms with Crippen molar-refractivity contribution < 1.29 is 9.66 Å². The van der Waals surface area contributed by atoms with Crippen LogP contribution in [0.2, 0.25) is 0 Å². The van der Waals surface area contributed by atoms with Crippen LogP contribution < -0.4 is 4.74 Å². The summed E-state index contributed by atoms with van der Waals surface area (Å²) in [5, 5.41) is 10.9. The van der Waals surface area contributed by atoms with Crippen LogP contribution in [0, 0.1) is 10.1 Å². The van der Waals surface area contributed by atoms with Crippen molar-refractivity contribution in [1.29, 1.82) is 0 Å². The topological polar surface area (TPSA) is 71.7 Å². The number of nitrogens with zero attached hydrogens (tertiary/aromatic N) is 4. The molecule has 1 aliphatic heterocycles. The lowest BCUT2D eigenvalue weighted by atomic mass is 10.3. The van der Waals surface area contributed by atoms with Gasteiger partial charge in [-0.3, -0.25) is 10.1 Å². The number of ether oxygens (including phenoxy) is 1. The summed E-state index contributed by atoms with van der Waals surface area (Å²) in [5.74, 6) is 0.0848. The molecular weight excluding hydrogens is 340 g/mol. The Labute approximate surface area is 132 Å². The molecule has 0 amide bonds. The molecule has 1 aliphatic rings. The fraction of sp³-hybridized carbons (Fsp3) is 0.615. The molecule has 7 nitrogen and oxygen atoms in total. The number of hydrogen-bond donors (Lipinski definition) is 0. The van der Waals surface area contributed by atoms with Crippen molar-refractivity contribution in [2.45, 2.75) is 6.42 Å². The molecule has 0 bridgehead atoms. The Balaban J connectivity index is 1.77. The lowest BCUT2D eigenvalue weighted by Crippen LogP contribution is -2.44. The van der Waals surface area contributed by atoms with E-state index in [1.165, 1.54) is 12.3 Å². The first-order valence-corrected chi connectivity index (χ1v) is 7.69. The summed E-state index contributed by atoms with van der Waals surface area (Å²) < 4.78 is 6.02. The molecule has 21 heavy (non-hydrogen) atoms. The molecular formula is C13H19BrN4O3. The second kappa shape index (κ2) is 7.67. The molecule has 8 heteroatoms. The van der Waals surface area contributed by atoms with Crippen LogP contribution in [0.25, 0.3) is 0 Å². The maximum Gasteiger partial charge on any atom is 0.332 e. The van der Waals surface area contributed by atoms with Gasteiger partial charge in [0.05, 0.1) is 11.5 Å². The van der Waals surface area contributed by atoms with E-state index in [0.717, 1.165) is 39.1 Å². The summed E-state index contributed by atoms with van der Waals surface area (Å²) in [5.41, 5.74) is -0.107. The maximum atomic E-state index is 10.9. The van der Waals surface area contributed by atoms with E-state index < -0.39 is 4.92 Å². The molecule has 0 unspecified atom stereocenters. The molecule has 0 saturated carbocycles. The number of halogens is 1. The molecule has 116 valence electrons. The van der Waals surface area contributed by atoms with Crippen LogP contribution in [0.4, 0.5) is 5.69 Å². The second-order valence-electron chi connectivity index (χ2n) is 5.08. The molecule has 0 N–H and O–H groups in total. The van der Waals surface area contributed by atoms with E-state index in [0.29, 0.717) is 11.1 Å². The molecule has 2 rings (SSSR count). The van der Waals surface area contributed by atoms with Crippen LogP contribution in [0.1, 0.15) is 6.42 Å². The van der Waals surface area contributed by atoms with Gasteiger partial charge in [-0.1, -0.05) is 0 Å². The first-order chi connectivity index (χ1) is 10.1. The number of piperazine rings is 1. The predicted molar refractivity (Wildman–Crippen MR) is 82.6 cm³/mol. The van der Waals surface area contributed by atoms with E-state index in [2.05, 4.69) is 37.8 Å². The summed E-state index contributed by atoms with van der Waals surface area (Å²) in [7, 11) is 2.12. The summed E-state index contributed by atoms with van der Waals surface area (Å²) in [6.07, 6.45) is 2.33. The third kappa shape index (κ3) is 4.90. The Morgan fingerprint density at radius 3 is 2.81 bits per heavy atom. The van der Waals surface area contributed by atoms with Gasteiger partial charge in [0, 0.05) is 49.5 Å². The standard InChI is InChI=1S/C13H19BrN4O3/c1-16-4-6-17(7-5-16)3-2-8-21-13-12(18(19)20)9-11(14)10-15-13/h9-10H,2-8H2,1H3. The van der Waals surface area contributed by atoms with Gasteiger partial charge in [0.15, 0.2) is 0 Å². The van der Waals surface area contributed by atoms with Crippen LogP contribution in [0.3, 0.4) is 0 Å². The van der Waals surface area contributed by atoms with Crippen LogP contribution in [-0.4, -0.2) is 66.1 Å². The number of likely N-dealkylation sites (N-methyl/N-ethyl adjacent to an activating group) is 1. The molecule has 2 heterocycles. The van der Waals surface area contributed by atoms with Gasteiger partial charge in [-0.2, -0.15) is 0 Å². The van der Waals surface area contributed by atoms with Crippen LogP contribution in [0.15, 0.2) is 16.7 Å². The zero-order valence-corrected chi connectivity index (χ0v) is 13.6. The summed E-state index contributed by atoms with van der Waals surface area (Å²) in [4.78, 5) is 19.1. The van der Waals surface area contributed by atoms with Gasteiger partial charge in [-0.25, -0.2) is 4.98 Å². The lowest BCUT2D eigenvalue weighted by molar-refractivity contribution is -0.386. The van der Waals surface area contributed by atoms with Crippen molar-refractivity contribution >= 4 is 21.6 Å². The fourth-order valence-electron chi connectivity index (χ4n) is 2.19. The highest BCUT2D eigenvalue weighted by atomic mass is 79.9. The summed E-state index contributed by atoms with van der Waals surface area (Å²) in [6.45, 7) is 5.67. The van der Waals surface area contributed by atoms with Crippen molar-refractivity contribution in [3.63, 3.8) is 0 Å². The zero-order valence-electron chi connectivity index (χ0n) is 12.0. The van der Waals surface area contributed by atoms with Gasteiger partial charge in [0.1, 0.15) is 0 Å². The van der Waals surface area contributed by atoms with E-state index in [1.807, 2.05) is 0 Å². The summed E-state index contributed by atoms with van der Waals surface area (Å²) in [6, 6.07) is 1.41. The van der Waals surface area contributed by atoms with Gasteiger partial charge in [-0.15, -0.1) is 0 Å². The van der Waals surface area contributed by atoms with E-state index in [-0.39, 0.29) is 11.6 Å². The molecule has 0 aromatic carbocycles. The molecule has 1 saturated heterocycles.